The normalized spacial score (nSPS) is 34.0. The van der Waals surface area contributed by atoms with Crippen LogP contribution in [0.5, 0.6) is 0 Å². The van der Waals surface area contributed by atoms with E-state index in [1.54, 1.807) is 0 Å². The van der Waals surface area contributed by atoms with Crippen molar-refractivity contribution in [3.05, 3.63) is 0 Å². The van der Waals surface area contributed by atoms with Gasteiger partial charge in [-0.3, -0.25) is 0 Å². The molecule has 0 heterocycles. The van der Waals surface area contributed by atoms with E-state index in [9.17, 15) is 0 Å². The van der Waals surface area contributed by atoms with Crippen LogP contribution < -0.4 is 5.32 Å². The SMILES string of the molecule is CCCC1(CNC2CCCC(C)C2)CC1. The van der Waals surface area contributed by atoms with Gasteiger partial charge >= 0.3 is 0 Å². The molecule has 0 bridgehead atoms. The van der Waals surface area contributed by atoms with Crippen LogP contribution in [-0.4, -0.2) is 12.6 Å². The Hall–Kier alpha value is -0.0400. The molecule has 0 radical (unpaired) electrons. The summed E-state index contributed by atoms with van der Waals surface area (Å²) in [5.41, 5.74) is 0.732. The van der Waals surface area contributed by atoms with Crippen molar-refractivity contribution >= 4 is 0 Å². The third kappa shape index (κ3) is 3.21. The second-order valence-electron chi connectivity index (χ2n) is 6.10. The smallest absolute Gasteiger partial charge is 0.00698 e. The third-order valence-electron chi connectivity index (χ3n) is 4.44. The van der Waals surface area contributed by atoms with Crippen LogP contribution in [-0.2, 0) is 0 Å². The molecule has 0 aromatic heterocycles. The van der Waals surface area contributed by atoms with E-state index >= 15 is 0 Å². The average Bonchev–Trinajstić information content (AvgIpc) is 2.97. The van der Waals surface area contributed by atoms with Crippen LogP contribution in [0.2, 0.25) is 0 Å². The molecule has 2 fully saturated rings. The van der Waals surface area contributed by atoms with Gasteiger partial charge in [-0.25, -0.2) is 0 Å². The van der Waals surface area contributed by atoms with Crippen LogP contribution in [0.4, 0.5) is 0 Å². The quantitative estimate of drug-likeness (QED) is 0.727. The van der Waals surface area contributed by atoms with E-state index in [0.29, 0.717) is 0 Å². The molecule has 1 N–H and O–H groups in total. The summed E-state index contributed by atoms with van der Waals surface area (Å²) in [6.45, 7) is 6.04. The van der Waals surface area contributed by atoms with Crippen molar-refractivity contribution in [2.45, 2.75) is 71.3 Å². The summed E-state index contributed by atoms with van der Waals surface area (Å²) in [6.07, 6.45) is 11.5. The minimum atomic E-state index is 0.732. The Kier molecular flexibility index (Phi) is 3.71. The monoisotopic (exact) mass is 209 g/mol. The lowest BCUT2D eigenvalue weighted by Gasteiger charge is -2.29. The third-order valence-corrected chi connectivity index (χ3v) is 4.44. The Labute approximate surface area is 95.0 Å². The first kappa shape index (κ1) is 11.4. The highest BCUT2D eigenvalue weighted by Crippen LogP contribution is 2.49. The highest BCUT2D eigenvalue weighted by atomic mass is 14.9. The Morgan fingerprint density at radius 2 is 2.07 bits per heavy atom. The van der Waals surface area contributed by atoms with E-state index in [1.165, 1.54) is 57.9 Å². The van der Waals surface area contributed by atoms with Crippen LogP contribution in [0.25, 0.3) is 0 Å². The Balaban J connectivity index is 1.68. The maximum Gasteiger partial charge on any atom is 0.00698 e. The molecule has 0 amide bonds. The molecule has 2 aliphatic rings. The zero-order chi connectivity index (χ0) is 10.7. The van der Waals surface area contributed by atoms with E-state index < -0.39 is 0 Å². The van der Waals surface area contributed by atoms with E-state index in [4.69, 9.17) is 0 Å². The lowest BCUT2D eigenvalue weighted by Crippen LogP contribution is -2.37. The zero-order valence-corrected chi connectivity index (χ0v) is 10.5. The maximum absolute atomic E-state index is 3.84. The summed E-state index contributed by atoms with van der Waals surface area (Å²) in [4.78, 5) is 0. The van der Waals surface area contributed by atoms with Crippen molar-refractivity contribution in [1.29, 1.82) is 0 Å². The molecular formula is C14H27N. The topological polar surface area (TPSA) is 12.0 Å². The summed E-state index contributed by atoms with van der Waals surface area (Å²) in [6, 6.07) is 0.836. The molecule has 2 atom stereocenters. The molecule has 0 aromatic rings. The lowest BCUT2D eigenvalue weighted by atomic mass is 9.86. The van der Waals surface area contributed by atoms with Gasteiger partial charge in [-0.05, 0) is 43.4 Å². The second-order valence-corrected chi connectivity index (χ2v) is 6.10. The molecule has 88 valence electrons. The predicted molar refractivity (Wildman–Crippen MR) is 66.0 cm³/mol. The van der Waals surface area contributed by atoms with Gasteiger partial charge < -0.3 is 5.32 Å². The van der Waals surface area contributed by atoms with Crippen molar-refractivity contribution in [3.8, 4) is 0 Å². The van der Waals surface area contributed by atoms with E-state index in [2.05, 4.69) is 19.2 Å². The summed E-state index contributed by atoms with van der Waals surface area (Å²) < 4.78 is 0. The van der Waals surface area contributed by atoms with Crippen LogP contribution in [0.3, 0.4) is 0 Å². The first-order valence-electron chi connectivity index (χ1n) is 6.97. The van der Waals surface area contributed by atoms with Crippen molar-refractivity contribution < 1.29 is 0 Å². The van der Waals surface area contributed by atoms with Gasteiger partial charge in [0.15, 0.2) is 0 Å². The number of hydrogen-bond acceptors (Lipinski definition) is 1. The average molecular weight is 209 g/mol. The zero-order valence-electron chi connectivity index (χ0n) is 10.5. The molecule has 0 aromatic carbocycles. The standard InChI is InChI=1S/C14H27N/c1-3-7-14(8-9-14)11-15-13-6-4-5-12(2)10-13/h12-13,15H,3-11H2,1-2H3. The summed E-state index contributed by atoms with van der Waals surface area (Å²) in [5, 5.41) is 3.84. The van der Waals surface area contributed by atoms with Gasteiger partial charge in [0, 0.05) is 12.6 Å². The van der Waals surface area contributed by atoms with Gasteiger partial charge in [0.2, 0.25) is 0 Å². The first-order chi connectivity index (χ1) is 7.24. The van der Waals surface area contributed by atoms with Gasteiger partial charge in [-0.2, -0.15) is 0 Å². The van der Waals surface area contributed by atoms with Gasteiger partial charge in [-0.15, -0.1) is 0 Å². The Bertz CT molecular complexity index is 196. The molecule has 1 heteroatoms. The minimum Gasteiger partial charge on any atom is -0.313 e. The fourth-order valence-electron chi connectivity index (χ4n) is 3.20. The van der Waals surface area contributed by atoms with Crippen LogP contribution in [0, 0.1) is 11.3 Å². The maximum atomic E-state index is 3.84. The molecule has 2 aliphatic carbocycles. The van der Waals surface area contributed by atoms with E-state index in [0.717, 1.165) is 17.4 Å². The minimum absolute atomic E-state index is 0.732. The first-order valence-corrected chi connectivity index (χ1v) is 6.97. The molecule has 0 aliphatic heterocycles. The van der Waals surface area contributed by atoms with Crippen molar-refractivity contribution in [2.75, 3.05) is 6.54 Å². The molecule has 2 rings (SSSR count). The fraction of sp³-hybridized carbons (Fsp3) is 1.00. The molecule has 0 spiro atoms. The Morgan fingerprint density at radius 3 is 2.67 bits per heavy atom. The lowest BCUT2D eigenvalue weighted by molar-refractivity contribution is 0.280. The summed E-state index contributed by atoms with van der Waals surface area (Å²) in [5.74, 6) is 0.956. The number of hydrogen-bond donors (Lipinski definition) is 1. The summed E-state index contributed by atoms with van der Waals surface area (Å²) in [7, 11) is 0. The van der Waals surface area contributed by atoms with Crippen LogP contribution in [0.1, 0.15) is 65.2 Å². The van der Waals surface area contributed by atoms with Crippen LogP contribution >= 0.6 is 0 Å². The Morgan fingerprint density at radius 1 is 1.27 bits per heavy atom. The van der Waals surface area contributed by atoms with Crippen molar-refractivity contribution in [2.24, 2.45) is 11.3 Å². The van der Waals surface area contributed by atoms with E-state index in [-0.39, 0.29) is 0 Å². The molecule has 2 saturated carbocycles. The summed E-state index contributed by atoms with van der Waals surface area (Å²) >= 11 is 0. The molecule has 2 unspecified atom stereocenters. The van der Waals surface area contributed by atoms with Gasteiger partial charge in [-0.1, -0.05) is 33.1 Å². The van der Waals surface area contributed by atoms with Crippen molar-refractivity contribution in [3.63, 3.8) is 0 Å². The highest BCUT2D eigenvalue weighted by Gasteiger charge is 2.41. The highest BCUT2D eigenvalue weighted by molar-refractivity contribution is 4.95. The fourth-order valence-corrected chi connectivity index (χ4v) is 3.20. The van der Waals surface area contributed by atoms with E-state index in [1.807, 2.05) is 0 Å². The van der Waals surface area contributed by atoms with Gasteiger partial charge in [0.05, 0.1) is 0 Å². The largest absolute Gasteiger partial charge is 0.313 e. The predicted octanol–water partition coefficient (Wildman–Crippen LogP) is 3.74. The van der Waals surface area contributed by atoms with Gasteiger partial charge in [0.1, 0.15) is 0 Å². The van der Waals surface area contributed by atoms with Gasteiger partial charge in [0.25, 0.3) is 0 Å². The van der Waals surface area contributed by atoms with Crippen molar-refractivity contribution in [1.82, 2.24) is 5.32 Å². The van der Waals surface area contributed by atoms with Crippen LogP contribution in [0.15, 0.2) is 0 Å². The molecule has 1 nitrogen and oxygen atoms in total. The number of nitrogens with one attached hydrogen (secondary N) is 1. The second kappa shape index (κ2) is 4.86. The molecular weight excluding hydrogens is 182 g/mol. The molecule has 0 saturated heterocycles. The molecule has 15 heavy (non-hydrogen) atoms. The number of rotatable bonds is 5.